The average Bonchev–Trinajstić information content (AvgIpc) is 2.64. The van der Waals surface area contributed by atoms with Gasteiger partial charge in [-0.15, -0.1) is 0 Å². The number of ether oxygens (including phenoxy) is 1. The number of fused-ring (bicyclic) bond motifs is 1. The minimum absolute atomic E-state index is 0.121. The fraction of sp³-hybridized carbons (Fsp3) is 1.00. The van der Waals surface area contributed by atoms with E-state index in [1.807, 2.05) is 6.92 Å². The third-order valence-electron chi connectivity index (χ3n) is 3.25. The molecule has 1 saturated carbocycles. The van der Waals surface area contributed by atoms with Gasteiger partial charge in [0.05, 0.1) is 24.5 Å². The molecule has 0 amide bonds. The molecule has 1 aliphatic carbocycles. The van der Waals surface area contributed by atoms with Gasteiger partial charge in [-0.3, -0.25) is 0 Å². The van der Waals surface area contributed by atoms with Crippen LogP contribution in [0.1, 0.15) is 32.6 Å². The van der Waals surface area contributed by atoms with Crippen molar-refractivity contribution in [1.82, 2.24) is 4.31 Å². The lowest BCUT2D eigenvalue weighted by atomic mass is 10.2. The summed E-state index contributed by atoms with van der Waals surface area (Å²) in [6.45, 7) is 3.01. The van der Waals surface area contributed by atoms with Crippen LogP contribution in [0.2, 0.25) is 0 Å². The van der Waals surface area contributed by atoms with Crippen molar-refractivity contribution in [3.8, 4) is 0 Å². The second-order valence-electron chi connectivity index (χ2n) is 4.33. The smallest absolute Gasteiger partial charge is 0.214 e. The maximum absolute atomic E-state index is 12.0. The van der Waals surface area contributed by atoms with Gasteiger partial charge in [-0.25, -0.2) is 8.42 Å². The Kier molecular flexibility index (Phi) is 3.33. The lowest BCUT2D eigenvalue weighted by molar-refractivity contribution is -0.0241. The zero-order chi connectivity index (χ0) is 10.9. The zero-order valence-electron chi connectivity index (χ0n) is 9.18. The second-order valence-corrected chi connectivity index (χ2v) is 6.38. The van der Waals surface area contributed by atoms with Crippen LogP contribution in [0.5, 0.6) is 0 Å². The first-order valence-corrected chi connectivity index (χ1v) is 7.37. The van der Waals surface area contributed by atoms with Crippen LogP contribution in [0, 0.1) is 0 Å². The number of morpholine rings is 1. The van der Waals surface area contributed by atoms with E-state index in [4.69, 9.17) is 4.74 Å². The van der Waals surface area contributed by atoms with Crippen LogP contribution in [-0.2, 0) is 14.8 Å². The molecule has 0 bridgehead atoms. The molecule has 0 radical (unpaired) electrons. The summed E-state index contributed by atoms with van der Waals surface area (Å²) in [5.41, 5.74) is 0. The van der Waals surface area contributed by atoms with Gasteiger partial charge in [-0.2, -0.15) is 4.31 Å². The molecular formula is C10H19NO3S. The van der Waals surface area contributed by atoms with Gasteiger partial charge in [-0.05, 0) is 25.7 Å². The summed E-state index contributed by atoms with van der Waals surface area (Å²) in [6.07, 6.45) is 3.92. The molecule has 0 aromatic heterocycles. The fourth-order valence-corrected chi connectivity index (χ4v) is 4.37. The van der Waals surface area contributed by atoms with E-state index in [9.17, 15) is 8.42 Å². The van der Waals surface area contributed by atoms with Crippen LogP contribution < -0.4 is 0 Å². The van der Waals surface area contributed by atoms with E-state index in [1.165, 1.54) is 0 Å². The standard InChI is InChI=1S/C10H19NO3S/c1-2-8-15(12,13)11-6-7-14-10-5-3-4-9(10)11/h9-10H,2-8H2,1H3. The van der Waals surface area contributed by atoms with Crippen molar-refractivity contribution in [2.24, 2.45) is 0 Å². The average molecular weight is 233 g/mol. The van der Waals surface area contributed by atoms with Crippen molar-refractivity contribution in [2.45, 2.75) is 44.8 Å². The van der Waals surface area contributed by atoms with Crippen LogP contribution in [0.4, 0.5) is 0 Å². The van der Waals surface area contributed by atoms with Crippen molar-refractivity contribution in [3.05, 3.63) is 0 Å². The third-order valence-corrected chi connectivity index (χ3v) is 5.34. The first kappa shape index (κ1) is 11.4. The summed E-state index contributed by atoms with van der Waals surface area (Å²) in [7, 11) is -3.03. The molecule has 0 N–H and O–H groups in total. The largest absolute Gasteiger partial charge is 0.375 e. The molecule has 5 heteroatoms. The summed E-state index contributed by atoms with van der Waals surface area (Å²) in [5, 5.41) is 0. The van der Waals surface area contributed by atoms with E-state index in [2.05, 4.69) is 0 Å². The Balaban J connectivity index is 2.14. The van der Waals surface area contributed by atoms with E-state index >= 15 is 0 Å². The molecule has 2 unspecified atom stereocenters. The highest BCUT2D eigenvalue weighted by Gasteiger charge is 2.41. The molecule has 1 saturated heterocycles. The van der Waals surface area contributed by atoms with Crippen molar-refractivity contribution in [2.75, 3.05) is 18.9 Å². The van der Waals surface area contributed by atoms with E-state index in [-0.39, 0.29) is 17.9 Å². The van der Waals surface area contributed by atoms with Gasteiger partial charge in [0.25, 0.3) is 0 Å². The van der Waals surface area contributed by atoms with Gasteiger partial charge < -0.3 is 4.74 Å². The highest BCUT2D eigenvalue weighted by molar-refractivity contribution is 7.89. The van der Waals surface area contributed by atoms with Crippen molar-refractivity contribution >= 4 is 10.0 Å². The molecule has 2 aliphatic rings. The monoisotopic (exact) mass is 233 g/mol. The first-order valence-electron chi connectivity index (χ1n) is 5.76. The SMILES string of the molecule is CCCS(=O)(=O)N1CCOC2CCCC21. The summed E-state index contributed by atoms with van der Waals surface area (Å²) < 4.78 is 31.3. The topological polar surface area (TPSA) is 46.6 Å². The number of nitrogens with zero attached hydrogens (tertiary/aromatic N) is 1. The quantitative estimate of drug-likeness (QED) is 0.730. The summed E-state index contributed by atoms with van der Waals surface area (Å²) in [4.78, 5) is 0. The van der Waals surface area contributed by atoms with Crippen molar-refractivity contribution in [3.63, 3.8) is 0 Å². The first-order chi connectivity index (χ1) is 7.15. The molecule has 1 aliphatic heterocycles. The lowest BCUT2D eigenvalue weighted by Gasteiger charge is -2.36. The van der Waals surface area contributed by atoms with E-state index < -0.39 is 10.0 Å². The van der Waals surface area contributed by atoms with E-state index in [1.54, 1.807) is 4.31 Å². The van der Waals surface area contributed by atoms with Crippen molar-refractivity contribution < 1.29 is 13.2 Å². The summed E-state index contributed by atoms with van der Waals surface area (Å²) >= 11 is 0. The molecule has 88 valence electrons. The lowest BCUT2D eigenvalue weighted by Crippen LogP contribution is -2.51. The van der Waals surface area contributed by atoms with Gasteiger partial charge in [0.15, 0.2) is 0 Å². The van der Waals surface area contributed by atoms with Gasteiger partial charge in [-0.1, -0.05) is 6.92 Å². The molecule has 0 aromatic carbocycles. The molecule has 0 spiro atoms. The van der Waals surface area contributed by atoms with Crippen LogP contribution in [-0.4, -0.2) is 43.8 Å². The summed E-state index contributed by atoms with van der Waals surface area (Å²) in [6, 6.07) is 0.121. The van der Waals surface area contributed by atoms with Crippen LogP contribution in [0.25, 0.3) is 0 Å². The Bertz CT molecular complexity index is 315. The highest BCUT2D eigenvalue weighted by atomic mass is 32.2. The van der Waals surface area contributed by atoms with Gasteiger partial charge >= 0.3 is 0 Å². The van der Waals surface area contributed by atoms with Crippen molar-refractivity contribution in [1.29, 1.82) is 0 Å². The van der Waals surface area contributed by atoms with Gasteiger partial charge in [0.2, 0.25) is 10.0 Å². The Hall–Kier alpha value is -0.130. The predicted octanol–water partition coefficient (Wildman–Crippen LogP) is 0.979. The zero-order valence-corrected chi connectivity index (χ0v) is 10.0. The molecule has 15 heavy (non-hydrogen) atoms. The number of hydrogen-bond donors (Lipinski definition) is 0. The highest BCUT2D eigenvalue weighted by Crippen LogP contribution is 2.31. The van der Waals surface area contributed by atoms with Crippen LogP contribution in [0.15, 0.2) is 0 Å². The number of hydrogen-bond acceptors (Lipinski definition) is 3. The van der Waals surface area contributed by atoms with Crippen LogP contribution >= 0.6 is 0 Å². The second kappa shape index (κ2) is 4.39. The maximum atomic E-state index is 12.0. The van der Waals surface area contributed by atoms with Gasteiger partial charge in [0, 0.05) is 6.54 Å². The maximum Gasteiger partial charge on any atom is 0.214 e. The molecule has 1 heterocycles. The minimum Gasteiger partial charge on any atom is -0.375 e. The predicted molar refractivity (Wildman–Crippen MR) is 58.2 cm³/mol. The summed E-state index contributed by atoms with van der Waals surface area (Å²) in [5.74, 6) is 0.274. The van der Waals surface area contributed by atoms with E-state index in [0.29, 0.717) is 19.6 Å². The Labute approximate surface area is 91.6 Å². The normalized spacial score (nSPS) is 32.9. The van der Waals surface area contributed by atoms with Crippen LogP contribution in [0.3, 0.4) is 0 Å². The molecule has 2 rings (SSSR count). The fourth-order valence-electron chi connectivity index (χ4n) is 2.61. The molecule has 2 fully saturated rings. The van der Waals surface area contributed by atoms with Gasteiger partial charge in [0.1, 0.15) is 0 Å². The Morgan fingerprint density at radius 3 is 2.93 bits per heavy atom. The molecule has 2 atom stereocenters. The molecular weight excluding hydrogens is 214 g/mol. The third kappa shape index (κ3) is 2.19. The minimum atomic E-state index is -3.03. The molecule has 0 aromatic rings. The Morgan fingerprint density at radius 1 is 1.40 bits per heavy atom. The van der Waals surface area contributed by atoms with E-state index in [0.717, 1.165) is 19.3 Å². The molecule has 4 nitrogen and oxygen atoms in total. The number of rotatable bonds is 3. The Morgan fingerprint density at radius 2 is 2.20 bits per heavy atom. The number of sulfonamides is 1.